The molecule has 7 heteroatoms. The van der Waals surface area contributed by atoms with Crippen molar-refractivity contribution in [2.45, 2.75) is 13.5 Å². The first kappa shape index (κ1) is 17.3. The van der Waals surface area contributed by atoms with Gasteiger partial charge < -0.3 is 4.74 Å². The molecule has 3 rings (SSSR count). The van der Waals surface area contributed by atoms with Gasteiger partial charge in [-0.1, -0.05) is 0 Å². The molecule has 128 valence electrons. The second kappa shape index (κ2) is 7.14. The van der Waals surface area contributed by atoms with Crippen molar-refractivity contribution in [3.63, 3.8) is 0 Å². The summed E-state index contributed by atoms with van der Waals surface area (Å²) in [6, 6.07) is 8.37. The quantitative estimate of drug-likeness (QED) is 0.653. The summed E-state index contributed by atoms with van der Waals surface area (Å²) >= 11 is 3.24. The Morgan fingerprint density at radius 3 is 2.56 bits per heavy atom. The van der Waals surface area contributed by atoms with E-state index in [1.54, 1.807) is 37.5 Å². The lowest BCUT2D eigenvalue weighted by Gasteiger charge is -2.14. The molecule has 0 unspecified atom stereocenters. The molecule has 0 aliphatic rings. The summed E-state index contributed by atoms with van der Waals surface area (Å²) in [7, 11) is 0. The summed E-state index contributed by atoms with van der Waals surface area (Å²) in [6.07, 6.45) is 3.19. The van der Waals surface area contributed by atoms with Gasteiger partial charge in [0.15, 0.2) is 0 Å². The van der Waals surface area contributed by atoms with Crippen molar-refractivity contribution in [3.05, 3.63) is 86.5 Å². The van der Waals surface area contributed by atoms with Crippen LogP contribution >= 0.6 is 15.9 Å². The van der Waals surface area contributed by atoms with Crippen LogP contribution in [0.25, 0.3) is 5.69 Å². The fourth-order valence-corrected chi connectivity index (χ4v) is 2.80. The van der Waals surface area contributed by atoms with Crippen LogP contribution in [-0.4, -0.2) is 9.55 Å². The number of aromatic nitrogens is 2. The van der Waals surface area contributed by atoms with Gasteiger partial charge in [-0.15, -0.1) is 0 Å². The second-order valence-corrected chi connectivity index (χ2v) is 6.13. The van der Waals surface area contributed by atoms with Crippen LogP contribution in [-0.2, 0) is 6.61 Å². The molecule has 0 N–H and O–H groups in total. The summed E-state index contributed by atoms with van der Waals surface area (Å²) < 4.78 is 33.9. The molecular weight excluding hydrogens is 394 g/mol. The number of pyridine rings is 2. The SMILES string of the molecule is Cc1cc(OCc2ccc(F)cc2F)c(Br)c(=O)n1-c1ccncc1. The van der Waals surface area contributed by atoms with Crippen molar-refractivity contribution in [2.75, 3.05) is 0 Å². The van der Waals surface area contributed by atoms with Crippen LogP contribution in [0.2, 0.25) is 0 Å². The number of aryl methyl sites for hydroxylation is 1. The lowest BCUT2D eigenvalue weighted by Crippen LogP contribution is -2.22. The van der Waals surface area contributed by atoms with E-state index in [1.807, 2.05) is 0 Å². The van der Waals surface area contributed by atoms with Gasteiger partial charge >= 0.3 is 0 Å². The monoisotopic (exact) mass is 406 g/mol. The fourth-order valence-electron chi connectivity index (χ4n) is 2.39. The average Bonchev–Trinajstić information content (AvgIpc) is 2.59. The van der Waals surface area contributed by atoms with Crippen LogP contribution in [0.5, 0.6) is 5.75 Å². The predicted octanol–water partition coefficient (Wildman–Crippen LogP) is 4.16. The zero-order valence-corrected chi connectivity index (χ0v) is 14.8. The largest absolute Gasteiger partial charge is 0.487 e. The minimum atomic E-state index is -0.696. The summed E-state index contributed by atoms with van der Waals surface area (Å²) in [5, 5.41) is 0. The van der Waals surface area contributed by atoms with E-state index in [0.717, 1.165) is 12.1 Å². The highest BCUT2D eigenvalue weighted by molar-refractivity contribution is 9.10. The zero-order chi connectivity index (χ0) is 18.0. The van der Waals surface area contributed by atoms with Crippen LogP contribution < -0.4 is 10.3 Å². The molecule has 0 radical (unpaired) electrons. The molecule has 0 spiro atoms. The predicted molar refractivity (Wildman–Crippen MR) is 93.0 cm³/mol. The van der Waals surface area contributed by atoms with Crippen molar-refractivity contribution < 1.29 is 13.5 Å². The smallest absolute Gasteiger partial charge is 0.273 e. The van der Waals surface area contributed by atoms with E-state index in [-0.39, 0.29) is 28.0 Å². The molecule has 0 saturated heterocycles. The molecular formula is C18H13BrF2N2O2. The fraction of sp³-hybridized carbons (Fsp3) is 0.111. The van der Waals surface area contributed by atoms with Crippen LogP contribution in [0.3, 0.4) is 0 Å². The van der Waals surface area contributed by atoms with Crippen LogP contribution in [0.1, 0.15) is 11.3 Å². The zero-order valence-electron chi connectivity index (χ0n) is 13.2. The van der Waals surface area contributed by atoms with Gasteiger partial charge in [0.1, 0.15) is 28.5 Å². The minimum Gasteiger partial charge on any atom is -0.487 e. The first-order valence-corrected chi connectivity index (χ1v) is 8.16. The van der Waals surface area contributed by atoms with Crippen molar-refractivity contribution >= 4 is 15.9 Å². The lowest BCUT2D eigenvalue weighted by molar-refractivity contribution is 0.296. The van der Waals surface area contributed by atoms with Gasteiger partial charge in [0.25, 0.3) is 5.56 Å². The minimum absolute atomic E-state index is 0.122. The Balaban J connectivity index is 1.92. The Bertz CT molecular complexity index is 975. The van der Waals surface area contributed by atoms with Crippen molar-refractivity contribution in [2.24, 2.45) is 0 Å². The van der Waals surface area contributed by atoms with Gasteiger partial charge in [-0.25, -0.2) is 8.78 Å². The summed E-state index contributed by atoms with van der Waals surface area (Å²) in [6.45, 7) is 1.64. The third-order valence-electron chi connectivity index (χ3n) is 3.62. The summed E-state index contributed by atoms with van der Waals surface area (Å²) in [5.41, 5.74) is 1.22. The lowest BCUT2D eigenvalue weighted by atomic mass is 10.2. The topological polar surface area (TPSA) is 44.1 Å². The number of hydrogen-bond acceptors (Lipinski definition) is 3. The Kier molecular flexibility index (Phi) is 4.94. The van der Waals surface area contributed by atoms with Crippen molar-refractivity contribution in [1.82, 2.24) is 9.55 Å². The molecule has 0 aliphatic carbocycles. The maximum absolute atomic E-state index is 13.7. The molecule has 4 nitrogen and oxygen atoms in total. The van der Waals surface area contributed by atoms with Gasteiger partial charge in [0, 0.05) is 35.8 Å². The summed E-state index contributed by atoms with van der Waals surface area (Å²) in [4.78, 5) is 16.6. The molecule has 0 amide bonds. The second-order valence-electron chi connectivity index (χ2n) is 5.33. The van der Waals surface area contributed by atoms with Crippen LogP contribution in [0.4, 0.5) is 8.78 Å². The van der Waals surface area contributed by atoms with Crippen molar-refractivity contribution in [1.29, 1.82) is 0 Å². The van der Waals surface area contributed by atoms with E-state index < -0.39 is 11.6 Å². The Morgan fingerprint density at radius 2 is 1.88 bits per heavy atom. The molecule has 25 heavy (non-hydrogen) atoms. The highest BCUT2D eigenvalue weighted by atomic mass is 79.9. The molecule has 2 heterocycles. The van der Waals surface area contributed by atoms with E-state index in [1.165, 1.54) is 10.6 Å². The van der Waals surface area contributed by atoms with E-state index in [2.05, 4.69) is 20.9 Å². The molecule has 0 fully saturated rings. The molecule has 2 aromatic heterocycles. The number of rotatable bonds is 4. The molecule has 0 bridgehead atoms. The average molecular weight is 407 g/mol. The van der Waals surface area contributed by atoms with E-state index in [0.29, 0.717) is 11.4 Å². The maximum atomic E-state index is 13.7. The number of benzene rings is 1. The number of nitrogens with zero attached hydrogens (tertiary/aromatic N) is 2. The highest BCUT2D eigenvalue weighted by Crippen LogP contribution is 2.25. The molecule has 0 saturated carbocycles. The Morgan fingerprint density at radius 1 is 1.16 bits per heavy atom. The van der Waals surface area contributed by atoms with E-state index in [9.17, 15) is 13.6 Å². The first-order chi connectivity index (χ1) is 12.0. The molecule has 3 aromatic rings. The molecule has 1 aromatic carbocycles. The highest BCUT2D eigenvalue weighted by Gasteiger charge is 2.14. The number of hydrogen-bond donors (Lipinski definition) is 0. The van der Waals surface area contributed by atoms with E-state index in [4.69, 9.17) is 4.74 Å². The van der Waals surface area contributed by atoms with Crippen LogP contribution in [0.15, 0.2) is 58.1 Å². The maximum Gasteiger partial charge on any atom is 0.273 e. The summed E-state index contributed by atoms with van der Waals surface area (Å²) in [5.74, 6) is -1.06. The van der Waals surface area contributed by atoms with Gasteiger partial charge in [-0.3, -0.25) is 14.3 Å². The van der Waals surface area contributed by atoms with E-state index >= 15 is 0 Å². The number of ether oxygens (including phenoxy) is 1. The Hall–Kier alpha value is -2.54. The third-order valence-corrected chi connectivity index (χ3v) is 4.35. The first-order valence-electron chi connectivity index (χ1n) is 7.36. The van der Waals surface area contributed by atoms with Crippen LogP contribution in [0, 0.1) is 18.6 Å². The van der Waals surface area contributed by atoms with Gasteiger partial charge in [0.2, 0.25) is 0 Å². The number of halogens is 3. The van der Waals surface area contributed by atoms with Gasteiger partial charge in [-0.2, -0.15) is 0 Å². The van der Waals surface area contributed by atoms with Gasteiger partial charge in [-0.05, 0) is 47.1 Å². The normalized spacial score (nSPS) is 10.7. The Labute approximate surface area is 150 Å². The molecule has 0 atom stereocenters. The third kappa shape index (κ3) is 3.61. The van der Waals surface area contributed by atoms with Crippen molar-refractivity contribution in [3.8, 4) is 11.4 Å². The van der Waals surface area contributed by atoms with Gasteiger partial charge in [0.05, 0.1) is 5.69 Å². The molecule has 0 aliphatic heterocycles. The standard InChI is InChI=1S/C18H13BrF2N2O2/c1-11-8-16(25-10-12-2-3-13(20)9-15(12)21)17(19)18(24)23(11)14-4-6-22-7-5-14/h2-9H,10H2,1H3.